The van der Waals surface area contributed by atoms with Gasteiger partial charge >= 0.3 is 6.18 Å². The Labute approximate surface area is 76.9 Å². The molecule has 0 spiro atoms. The van der Waals surface area contributed by atoms with E-state index < -0.39 is 18.7 Å². The van der Waals surface area contributed by atoms with Crippen LogP contribution in [0.25, 0.3) is 0 Å². The molecule has 0 aromatic rings. The van der Waals surface area contributed by atoms with E-state index in [1.807, 2.05) is 6.92 Å². The number of aliphatic hydroxyl groups excluding tert-OH is 1. The van der Waals surface area contributed by atoms with Gasteiger partial charge in [-0.05, 0) is 19.3 Å². The molecular formula is C9H17F3O. The van der Waals surface area contributed by atoms with Crippen LogP contribution in [0.5, 0.6) is 0 Å². The molecule has 0 aliphatic heterocycles. The van der Waals surface area contributed by atoms with Crippen molar-refractivity contribution in [2.45, 2.75) is 57.7 Å². The minimum absolute atomic E-state index is 0.129. The number of aliphatic hydroxyl groups is 1. The van der Waals surface area contributed by atoms with Gasteiger partial charge in [0, 0.05) is 6.42 Å². The molecule has 0 aliphatic carbocycles. The highest BCUT2D eigenvalue weighted by molar-refractivity contribution is 4.57. The molecule has 0 bridgehead atoms. The molecule has 80 valence electrons. The zero-order chi connectivity index (χ0) is 10.3. The smallest absolute Gasteiger partial charge is 0.389 e. The Balaban J connectivity index is 3.25. The predicted octanol–water partition coefficient (Wildman–Crippen LogP) is 3.27. The minimum Gasteiger partial charge on any atom is -0.393 e. The molecule has 0 saturated heterocycles. The third-order valence-electron chi connectivity index (χ3n) is 1.87. The van der Waals surface area contributed by atoms with Crippen molar-refractivity contribution in [1.82, 2.24) is 0 Å². The second-order valence-corrected chi connectivity index (χ2v) is 3.30. The van der Waals surface area contributed by atoms with Crippen LogP contribution in [0.15, 0.2) is 0 Å². The van der Waals surface area contributed by atoms with Gasteiger partial charge in [0.05, 0.1) is 6.10 Å². The fourth-order valence-electron chi connectivity index (χ4n) is 1.18. The van der Waals surface area contributed by atoms with E-state index in [2.05, 4.69) is 0 Å². The van der Waals surface area contributed by atoms with Gasteiger partial charge in [-0.3, -0.25) is 0 Å². The fraction of sp³-hybridized carbons (Fsp3) is 1.00. The molecule has 0 aliphatic rings. The summed E-state index contributed by atoms with van der Waals surface area (Å²) in [5, 5.41) is 9.20. The van der Waals surface area contributed by atoms with E-state index in [0.29, 0.717) is 19.3 Å². The average molecular weight is 198 g/mol. The van der Waals surface area contributed by atoms with Crippen molar-refractivity contribution in [2.75, 3.05) is 0 Å². The molecule has 1 unspecified atom stereocenters. The van der Waals surface area contributed by atoms with Gasteiger partial charge in [-0.2, -0.15) is 13.2 Å². The van der Waals surface area contributed by atoms with Crippen molar-refractivity contribution in [3.63, 3.8) is 0 Å². The van der Waals surface area contributed by atoms with Gasteiger partial charge < -0.3 is 5.11 Å². The third-order valence-corrected chi connectivity index (χ3v) is 1.87. The van der Waals surface area contributed by atoms with Crippen molar-refractivity contribution < 1.29 is 18.3 Å². The highest BCUT2D eigenvalue weighted by atomic mass is 19.4. The van der Waals surface area contributed by atoms with Crippen molar-refractivity contribution in [3.05, 3.63) is 0 Å². The number of hydrogen-bond donors (Lipinski definition) is 1. The lowest BCUT2D eigenvalue weighted by Crippen LogP contribution is -2.09. The Bertz CT molecular complexity index is 123. The van der Waals surface area contributed by atoms with Crippen molar-refractivity contribution in [3.8, 4) is 0 Å². The molecule has 0 radical (unpaired) electrons. The average Bonchev–Trinajstić information content (AvgIpc) is 1.97. The first kappa shape index (κ1) is 12.8. The van der Waals surface area contributed by atoms with Crippen LogP contribution in [0.1, 0.15) is 45.4 Å². The monoisotopic (exact) mass is 198 g/mol. The molecule has 0 saturated carbocycles. The third kappa shape index (κ3) is 9.67. The van der Waals surface area contributed by atoms with E-state index in [1.54, 1.807) is 0 Å². The summed E-state index contributed by atoms with van der Waals surface area (Å²) in [6, 6.07) is 0. The predicted molar refractivity (Wildman–Crippen MR) is 45.4 cm³/mol. The molecule has 0 amide bonds. The molecule has 0 aromatic heterocycles. The highest BCUT2D eigenvalue weighted by Crippen LogP contribution is 2.23. The van der Waals surface area contributed by atoms with Crippen LogP contribution in [-0.2, 0) is 0 Å². The second-order valence-electron chi connectivity index (χ2n) is 3.30. The van der Waals surface area contributed by atoms with Crippen molar-refractivity contribution in [1.29, 1.82) is 0 Å². The maximum absolute atomic E-state index is 11.7. The van der Waals surface area contributed by atoms with Crippen LogP contribution in [0, 0.1) is 0 Å². The molecule has 1 N–H and O–H groups in total. The normalized spacial score (nSPS) is 14.5. The van der Waals surface area contributed by atoms with E-state index in [4.69, 9.17) is 0 Å². The number of alkyl halides is 3. The van der Waals surface area contributed by atoms with Crippen LogP contribution in [0.4, 0.5) is 13.2 Å². The maximum Gasteiger partial charge on any atom is 0.389 e. The van der Waals surface area contributed by atoms with Gasteiger partial charge in [-0.15, -0.1) is 0 Å². The summed E-state index contributed by atoms with van der Waals surface area (Å²) in [5.41, 5.74) is 0. The molecule has 1 nitrogen and oxygen atoms in total. The zero-order valence-corrected chi connectivity index (χ0v) is 7.90. The Morgan fingerprint density at radius 3 is 2.23 bits per heavy atom. The van der Waals surface area contributed by atoms with Crippen LogP contribution in [-0.4, -0.2) is 17.4 Å². The Hall–Kier alpha value is -0.250. The maximum atomic E-state index is 11.7. The van der Waals surface area contributed by atoms with Gasteiger partial charge in [0.15, 0.2) is 0 Å². The first-order valence-corrected chi connectivity index (χ1v) is 4.70. The van der Waals surface area contributed by atoms with E-state index in [0.717, 1.165) is 6.42 Å². The molecule has 0 aromatic carbocycles. The number of unbranched alkanes of at least 4 members (excludes halogenated alkanes) is 1. The lowest BCUT2D eigenvalue weighted by molar-refractivity contribution is -0.135. The second kappa shape index (κ2) is 6.24. The summed E-state index contributed by atoms with van der Waals surface area (Å²) < 4.78 is 35.0. The van der Waals surface area contributed by atoms with E-state index >= 15 is 0 Å². The topological polar surface area (TPSA) is 20.2 Å². The lowest BCUT2D eigenvalue weighted by Gasteiger charge is -2.09. The van der Waals surface area contributed by atoms with Crippen molar-refractivity contribution >= 4 is 0 Å². The minimum atomic E-state index is -4.05. The van der Waals surface area contributed by atoms with Gasteiger partial charge in [-0.1, -0.05) is 19.8 Å². The van der Waals surface area contributed by atoms with Gasteiger partial charge in [0.1, 0.15) is 0 Å². The van der Waals surface area contributed by atoms with Crippen molar-refractivity contribution in [2.24, 2.45) is 0 Å². The molecule has 1 atom stereocenters. The van der Waals surface area contributed by atoms with Gasteiger partial charge in [0.25, 0.3) is 0 Å². The fourth-order valence-corrected chi connectivity index (χ4v) is 1.18. The summed E-state index contributed by atoms with van der Waals surface area (Å²) in [6.07, 6.45) is -2.55. The zero-order valence-electron chi connectivity index (χ0n) is 7.90. The van der Waals surface area contributed by atoms with Crippen LogP contribution in [0.3, 0.4) is 0 Å². The van der Waals surface area contributed by atoms with Gasteiger partial charge in [-0.25, -0.2) is 0 Å². The quantitative estimate of drug-likeness (QED) is 0.649. The molecule has 13 heavy (non-hydrogen) atoms. The Morgan fingerprint density at radius 1 is 1.15 bits per heavy atom. The standard InChI is InChI=1S/C9H17F3O/c1-2-5-8(13)6-3-4-7-9(10,11)12/h8,13H,2-7H2,1H3. The first-order chi connectivity index (χ1) is 5.95. The molecule has 0 fully saturated rings. The molecule has 0 heterocycles. The molecule has 4 heteroatoms. The summed E-state index contributed by atoms with van der Waals surface area (Å²) in [7, 11) is 0. The van der Waals surface area contributed by atoms with Crippen LogP contribution >= 0.6 is 0 Å². The number of hydrogen-bond acceptors (Lipinski definition) is 1. The van der Waals surface area contributed by atoms with E-state index in [1.165, 1.54) is 0 Å². The number of rotatable bonds is 6. The van der Waals surface area contributed by atoms with Crippen LogP contribution < -0.4 is 0 Å². The summed E-state index contributed by atoms with van der Waals surface area (Å²) in [6.45, 7) is 1.94. The number of halogens is 3. The van der Waals surface area contributed by atoms with Gasteiger partial charge in [0.2, 0.25) is 0 Å². The Kier molecular flexibility index (Phi) is 6.12. The SMILES string of the molecule is CCCC(O)CCCCC(F)(F)F. The Morgan fingerprint density at radius 2 is 1.77 bits per heavy atom. The summed E-state index contributed by atoms with van der Waals surface area (Å²) in [5.74, 6) is 0. The lowest BCUT2D eigenvalue weighted by atomic mass is 10.1. The van der Waals surface area contributed by atoms with E-state index in [9.17, 15) is 18.3 Å². The molecular weight excluding hydrogens is 181 g/mol. The molecule has 0 rings (SSSR count). The summed E-state index contributed by atoms with van der Waals surface area (Å²) in [4.78, 5) is 0. The highest BCUT2D eigenvalue weighted by Gasteiger charge is 2.25. The summed E-state index contributed by atoms with van der Waals surface area (Å²) >= 11 is 0. The van der Waals surface area contributed by atoms with E-state index in [-0.39, 0.29) is 6.42 Å². The first-order valence-electron chi connectivity index (χ1n) is 4.70. The van der Waals surface area contributed by atoms with Crippen LogP contribution in [0.2, 0.25) is 0 Å². The largest absolute Gasteiger partial charge is 0.393 e.